The Hall–Kier alpha value is -0.670. The quantitative estimate of drug-likeness (QED) is 0.773. The van der Waals surface area contributed by atoms with E-state index in [0.29, 0.717) is 5.88 Å². The molecule has 1 aliphatic rings. The number of benzene rings is 1. The summed E-state index contributed by atoms with van der Waals surface area (Å²) in [6, 6.07) is 6.63. The number of hydrogen-bond acceptors (Lipinski definition) is 3. The van der Waals surface area contributed by atoms with Crippen LogP contribution in [0.25, 0.3) is 0 Å². The van der Waals surface area contributed by atoms with Gasteiger partial charge in [-0.1, -0.05) is 34.5 Å². The summed E-state index contributed by atoms with van der Waals surface area (Å²) in [5.74, 6) is 1.41. The Kier molecular flexibility index (Phi) is 4.23. The number of thioether (sulfide) groups is 1. The van der Waals surface area contributed by atoms with Crippen molar-refractivity contribution in [3.8, 4) is 0 Å². The van der Waals surface area contributed by atoms with E-state index in [1.54, 1.807) is 11.8 Å². The number of alkyl halides is 1. The first kappa shape index (κ1) is 13.8. The van der Waals surface area contributed by atoms with Gasteiger partial charge in [-0.05, 0) is 26.3 Å². The van der Waals surface area contributed by atoms with Crippen LogP contribution < -0.4 is 0 Å². The van der Waals surface area contributed by atoms with Gasteiger partial charge < -0.3 is 4.84 Å². The highest BCUT2D eigenvalue weighted by molar-refractivity contribution is 8.13. The maximum Gasteiger partial charge on any atom is 0.154 e. The molecule has 1 aromatic rings. The van der Waals surface area contributed by atoms with E-state index in [9.17, 15) is 0 Å². The van der Waals surface area contributed by atoms with E-state index in [0.717, 1.165) is 17.2 Å². The van der Waals surface area contributed by atoms with Crippen LogP contribution >= 0.6 is 23.4 Å². The summed E-state index contributed by atoms with van der Waals surface area (Å²) in [6.45, 7) is 6.25. The first-order valence-electron chi connectivity index (χ1n) is 6.02. The van der Waals surface area contributed by atoms with E-state index >= 15 is 0 Å². The molecule has 0 aliphatic carbocycles. The van der Waals surface area contributed by atoms with Gasteiger partial charge in [0.05, 0.1) is 5.88 Å². The van der Waals surface area contributed by atoms with E-state index in [-0.39, 0.29) is 5.60 Å². The van der Waals surface area contributed by atoms with Gasteiger partial charge >= 0.3 is 0 Å². The lowest BCUT2D eigenvalue weighted by Gasteiger charge is -2.16. The van der Waals surface area contributed by atoms with Crippen LogP contribution in [0.5, 0.6) is 0 Å². The molecule has 0 amide bonds. The number of nitrogens with zero attached hydrogens (tertiary/aromatic N) is 1. The fourth-order valence-corrected chi connectivity index (χ4v) is 3.15. The predicted octanol–water partition coefficient (Wildman–Crippen LogP) is 4.27. The molecule has 98 valence electrons. The number of hydrogen-bond donors (Lipinski definition) is 0. The van der Waals surface area contributed by atoms with Gasteiger partial charge in [0.25, 0.3) is 0 Å². The normalized spacial score (nSPS) is 22.8. The molecule has 2 rings (SSSR count). The second-order valence-electron chi connectivity index (χ2n) is 5.12. The smallest absolute Gasteiger partial charge is 0.154 e. The summed E-state index contributed by atoms with van der Waals surface area (Å²) in [4.78, 5) is 5.37. The standard InChI is InChI=1S/C14H18ClNOS/c1-10-4-11(2)6-12(5-10)8-18-13-7-14(3,9-15)17-16-13/h4-6H,7-9H2,1-3H3. The lowest BCUT2D eigenvalue weighted by atomic mass is 10.1. The largest absolute Gasteiger partial charge is 0.387 e. The van der Waals surface area contributed by atoms with E-state index in [2.05, 4.69) is 37.2 Å². The maximum absolute atomic E-state index is 5.87. The summed E-state index contributed by atoms with van der Waals surface area (Å²) < 4.78 is 0. The molecular formula is C14H18ClNOS. The van der Waals surface area contributed by atoms with Crippen molar-refractivity contribution in [2.24, 2.45) is 5.16 Å². The fourth-order valence-electron chi connectivity index (χ4n) is 2.01. The van der Waals surface area contributed by atoms with Crippen molar-refractivity contribution < 1.29 is 4.84 Å². The molecule has 0 radical (unpaired) electrons. The highest BCUT2D eigenvalue weighted by Crippen LogP contribution is 2.30. The van der Waals surface area contributed by atoms with E-state index in [4.69, 9.17) is 16.4 Å². The molecular weight excluding hydrogens is 266 g/mol. The molecule has 0 aromatic heterocycles. The summed E-state index contributed by atoms with van der Waals surface area (Å²) in [5.41, 5.74) is 3.63. The average molecular weight is 284 g/mol. The molecule has 1 atom stereocenters. The van der Waals surface area contributed by atoms with E-state index in [1.165, 1.54) is 16.7 Å². The molecule has 0 bridgehead atoms. The summed E-state index contributed by atoms with van der Waals surface area (Å²) >= 11 is 7.60. The molecule has 4 heteroatoms. The molecule has 18 heavy (non-hydrogen) atoms. The minimum atomic E-state index is -0.313. The van der Waals surface area contributed by atoms with Crippen molar-refractivity contribution in [2.45, 2.75) is 38.5 Å². The number of rotatable bonds is 3. The zero-order chi connectivity index (χ0) is 13.2. The maximum atomic E-state index is 5.87. The molecule has 1 heterocycles. The third-order valence-electron chi connectivity index (χ3n) is 2.86. The monoisotopic (exact) mass is 283 g/mol. The molecule has 2 nitrogen and oxygen atoms in total. The van der Waals surface area contributed by atoms with Crippen molar-refractivity contribution >= 4 is 28.4 Å². The molecule has 1 aromatic carbocycles. The Morgan fingerprint density at radius 1 is 1.33 bits per heavy atom. The Balaban J connectivity index is 1.93. The number of oxime groups is 1. The Bertz CT molecular complexity index is 455. The molecule has 0 saturated carbocycles. The van der Waals surface area contributed by atoms with Crippen molar-refractivity contribution in [3.05, 3.63) is 34.9 Å². The molecule has 1 unspecified atom stereocenters. The topological polar surface area (TPSA) is 21.6 Å². The van der Waals surface area contributed by atoms with Crippen molar-refractivity contribution in [2.75, 3.05) is 5.88 Å². The van der Waals surface area contributed by atoms with Gasteiger partial charge in [-0.15, -0.1) is 23.4 Å². The minimum absolute atomic E-state index is 0.313. The predicted molar refractivity (Wildman–Crippen MR) is 79.5 cm³/mol. The minimum Gasteiger partial charge on any atom is -0.387 e. The van der Waals surface area contributed by atoms with Crippen LogP contribution in [-0.2, 0) is 10.6 Å². The number of aryl methyl sites for hydroxylation is 2. The molecule has 0 fully saturated rings. The van der Waals surface area contributed by atoms with Gasteiger partial charge in [0.15, 0.2) is 5.60 Å². The van der Waals surface area contributed by atoms with Gasteiger partial charge in [0, 0.05) is 12.2 Å². The first-order valence-corrected chi connectivity index (χ1v) is 7.54. The first-order chi connectivity index (χ1) is 8.50. The van der Waals surface area contributed by atoms with Crippen molar-refractivity contribution in [3.63, 3.8) is 0 Å². The second-order valence-corrected chi connectivity index (χ2v) is 6.44. The van der Waals surface area contributed by atoms with Crippen LogP contribution in [-0.4, -0.2) is 16.5 Å². The Morgan fingerprint density at radius 2 is 2.00 bits per heavy atom. The fraction of sp³-hybridized carbons (Fsp3) is 0.500. The van der Waals surface area contributed by atoms with Crippen LogP contribution in [0.1, 0.15) is 30.0 Å². The lowest BCUT2D eigenvalue weighted by molar-refractivity contribution is 0.0152. The third-order valence-corrected chi connectivity index (χ3v) is 4.46. The second kappa shape index (κ2) is 5.54. The molecule has 1 aliphatic heterocycles. The average Bonchev–Trinajstić information content (AvgIpc) is 2.68. The van der Waals surface area contributed by atoms with Gasteiger partial charge in [-0.25, -0.2) is 0 Å². The van der Waals surface area contributed by atoms with Crippen LogP contribution in [0, 0.1) is 13.8 Å². The zero-order valence-electron chi connectivity index (χ0n) is 11.0. The van der Waals surface area contributed by atoms with E-state index in [1.807, 2.05) is 6.92 Å². The Labute approximate surface area is 118 Å². The number of halogens is 1. The van der Waals surface area contributed by atoms with Gasteiger partial charge in [-0.3, -0.25) is 0 Å². The Morgan fingerprint density at radius 3 is 2.56 bits per heavy atom. The van der Waals surface area contributed by atoms with Gasteiger partial charge in [0.2, 0.25) is 0 Å². The highest BCUT2D eigenvalue weighted by atomic mass is 35.5. The van der Waals surface area contributed by atoms with Crippen LogP contribution in [0.3, 0.4) is 0 Å². The zero-order valence-corrected chi connectivity index (χ0v) is 12.6. The van der Waals surface area contributed by atoms with Crippen LogP contribution in [0.2, 0.25) is 0 Å². The molecule has 0 spiro atoms. The lowest BCUT2D eigenvalue weighted by Crippen LogP contribution is -2.26. The van der Waals surface area contributed by atoms with Gasteiger partial charge in [0.1, 0.15) is 5.04 Å². The van der Waals surface area contributed by atoms with Gasteiger partial charge in [-0.2, -0.15) is 0 Å². The highest BCUT2D eigenvalue weighted by Gasteiger charge is 2.33. The molecule has 0 saturated heterocycles. The van der Waals surface area contributed by atoms with Crippen molar-refractivity contribution in [1.82, 2.24) is 0 Å². The SMILES string of the molecule is Cc1cc(C)cc(CSC2=NOC(C)(CCl)C2)c1. The van der Waals surface area contributed by atoms with Crippen LogP contribution in [0.4, 0.5) is 0 Å². The summed E-state index contributed by atoms with van der Waals surface area (Å²) in [5, 5.41) is 5.15. The van der Waals surface area contributed by atoms with E-state index < -0.39 is 0 Å². The van der Waals surface area contributed by atoms with Crippen molar-refractivity contribution in [1.29, 1.82) is 0 Å². The summed E-state index contributed by atoms with van der Waals surface area (Å²) in [7, 11) is 0. The molecule has 0 N–H and O–H groups in total. The third kappa shape index (κ3) is 3.42. The van der Waals surface area contributed by atoms with Crippen LogP contribution in [0.15, 0.2) is 23.4 Å². The summed E-state index contributed by atoms with van der Waals surface area (Å²) in [6.07, 6.45) is 0.811.